The summed E-state index contributed by atoms with van der Waals surface area (Å²) >= 11 is 6.28. The number of rotatable bonds is 7. The Morgan fingerprint density at radius 2 is 1.80 bits per heavy atom. The highest BCUT2D eigenvalue weighted by molar-refractivity contribution is 6.31. The van der Waals surface area contributed by atoms with Crippen molar-refractivity contribution in [1.82, 2.24) is 0 Å². The molecular formula is C16H27ClN2O. The Balaban J connectivity index is 3.12. The maximum absolute atomic E-state index is 6.28. The molecule has 1 aromatic carbocycles. The molecule has 0 aliphatic heterocycles. The van der Waals surface area contributed by atoms with E-state index in [0.717, 1.165) is 21.9 Å². The number of hydrogen-bond donors (Lipinski definition) is 2. The molecule has 4 heteroatoms. The maximum atomic E-state index is 6.28. The normalized spacial score (nSPS) is 14.4. The molecule has 0 amide bonds. The Bertz CT molecular complexity index is 433. The van der Waals surface area contributed by atoms with Crippen LogP contribution in [0.5, 0.6) is 5.75 Å². The monoisotopic (exact) mass is 298 g/mol. The first-order chi connectivity index (χ1) is 9.46. The van der Waals surface area contributed by atoms with Crippen LogP contribution in [0.3, 0.4) is 0 Å². The van der Waals surface area contributed by atoms with Crippen molar-refractivity contribution in [3.8, 4) is 5.75 Å². The van der Waals surface area contributed by atoms with Crippen LogP contribution in [0.2, 0.25) is 5.02 Å². The van der Waals surface area contributed by atoms with Gasteiger partial charge in [-0.25, -0.2) is 0 Å². The number of nitrogens with two attached hydrogens (primary N) is 2. The first-order valence-electron chi connectivity index (χ1n) is 7.29. The van der Waals surface area contributed by atoms with Crippen molar-refractivity contribution in [2.45, 2.75) is 33.6 Å². The molecule has 1 aromatic rings. The Morgan fingerprint density at radius 1 is 1.20 bits per heavy atom. The molecule has 0 heterocycles. The molecule has 0 aromatic heterocycles. The average molecular weight is 299 g/mol. The third-order valence-electron chi connectivity index (χ3n) is 4.22. The summed E-state index contributed by atoms with van der Waals surface area (Å²) in [6.07, 6.45) is 0. The summed E-state index contributed by atoms with van der Waals surface area (Å²) in [4.78, 5) is 0. The standard InChI is InChI=1S/C16H27ClN2O/c1-5-20-16-6-10(2)15(17)7-14(16)12(4)11(3)13(8-18)9-19/h6-7,11-13H,5,8-9,18-19H2,1-4H3. The zero-order chi connectivity index (χ0) is 15.3. The van der Waals surface area contributed by atoms with Crippen LogP contribution in [0.15, 0.2) is 12.1 Å². The lowest BCUT2D eigenvalue weighted by molar-refractivity contribution is 0.304. The highest BCUT2D eigenvalue weighted by Crippen LogP contribution is 2.37. The fraction of sp³-hybridized carbons (Fsp3) is 0.625. The van der Waals surface area contributed by atoms with Crippen molar-refractivity contribution >= 4 is 11.6 Å². The Labute approximate surface area is 127 Å². The molecule has 0 bridgehead atoms. The smallest absolute Gasteiger partial charge is 0.123 e. The minimum absolute atomic E-state index is 0.298. The van der Waals surface area contributed by atoms with Crippen LogP contribution in [-0.4, -0.2) is 19.7 Å². The number of aryl methyl sites for hydroxylation is 1. The molecule has 20 heavy (non-hydrogen) atoms. The fourth-order valence-corrected chi connectivity index (χ4v) is 2.70. The van der Waals surface area contributed by atoms with Crippen LogP contribution in [0.1, 0.15) is 37.8 Å². The van der Waals surface area contributed by atoms with E-state index >= 15 is 0 Å². The van der Waals surface area contributed by atoms with Crippen LogP contribution >= 0.6 is 11.6 Å². The maximum Gasteiger partial charge on any atom is 0.123 e. The van der Waals surface area contributed by atoms with Gasteiger partial charge in [-0.2, -0.15) is 0 Å². The summed E-state index contributed by atoms with van der Waals surface area (Å²) in [6, 6.07) is 4.04. The number of halogens is 1. The van der Waals surface area contributed by atoms with E-state index in [4.69, 9.17) is 27.8 Å². The number of benzene rings is 1. The summed E-state index contributed by atoms with van der Waals surface area (Å²) in [5, 5.41) is 0.777. The van der Waals surface area contributed by atoms with E-state index in [9.17, 15) is 0 Å². The number of hydrogen-bond acceptors (Lipinski definition) is 3. The van der Waals surface area contributed by atoms with Gasteiger partial charge in [-0.3, -0.25) is 0 Å². The third kappa shape index (κ3) is 3.87. The van der Waals surface area contributed by atoms with E-state index in [0.29, 0.717) is 37.5 Å². The predicted molar refractivity (Wildman–Crippen MR) is 86.5 cm³/mol. The summed E-state index contributed by atoms with van der Waals surface area (Å²) in [5.74, 6) is 1.90. The van der Waals surface area contributed by atoms with E-state index in [1.807, 2.05) is 26.0 Å². The summed E-state index contributed by atoms with van der Waals surface area (Å²) in [7, 11) is 0. The molecule has 0 saturated heterocycles. The molecule has 0 aliphatic rings. The van der Waals surface area contributed by atoms with Gasteiger partial charge in [0.25, 0.3) is 0 Å². The van der Waals surface area contributed by atoms with Gasteiger partial charge in [0, 0.05) is 5.02 Å². The fourth-order valence-electron chi connectivity index (χ4n) is 2.52. The van der Waals surface area contributed by atoms with Crippen molar-refractivity contribution in [1.29, 1.82) is 0 Å². The van der Waals surface area contributed by atoms with Crippen LogP contribution in [-0.2, 0) is 0 Å². The molecule has 0 radical (unpaired) electrons. The molecule has 3 nitrogen and oxygen atoms in total. The van der Waals surface area contributed by atoms with Gasteiger partial charge in [-0.1, -0.05) is 25.4 Å². The zero-order valence-corrected chi connectivity index (χ0v) is 13.7. The van der Waals surface area contributed by atoms with E-state index in [-0.39, 0.29) is 0 Å². The molecule has 0 fully saturated rings. The summed E-state index contributed by atoms with van der Waals surface area (Å²) in [5.41, 5.74) is 13.8. The Hall–Kier alpha value is -0.770. The van der Waals surface area contributed by atoms with Gasteiger partial charge in [-0.05, 0) is 68.0 Å². The minimum atomic E-state index is 0.298. The van der Waals surface area contributed by atoms with Crippen LogP contribution in [0, 0.1) is 18.8 Å². The molecule has 4 N–H and O–H groups in total. The highest BCUT2D eigenvalue weighted by atomic mass is 35.5. The summed E-state index contributed by atoms with van der Waals surface area (Å²) < 4.78 is 5.77. The Kier molecular flexibility index (Phi) is 6.80. The van der Waals surface area contributed by atoms with Crippen LogP contribution in [0.4, 0.5) is 0 Å². The quantitative estimate of drug-likeness (QED) is 0.812. The molecular weight excluding hydrogens is 272 g/mol. The van der Waals surface area contributed by atoms with Gasteiger partial charge in [0.1, 0.15) is 5.75 Å². The van der Waals surface area contributed by atoms with Gasteiger partial charge in [0.05, 0.1) is 6.61 Å². The van der Waals surface area contributed by atoms with Crippen molar-refractivity contribution in [3.05, 3.63) is 28.3 Å². The highest BCUT2D eigenvalue weighted by Gasteiger charge is 2.25. The van der Waals surface area contributed by atoms with E-state index in [1.165, 1.54) is 0 Å². The number of ether oxygens (including phenoxy) is 1. The predicted octanol–water partition coefficient (Wildman–Crippen LogP) is 3.32. The van der Waals surface area contributed by atoms with Crippen molar-refractivity contribution in [3.63, 3.8) is 0 Å². The second-order valence-corrected chi connectivity index (χ2v) is 5.86. The molecule has 0 aliphatic carbocycles. The van der Waals surface area contributed by atoms with Crippen LogP contribution < -0.4 is 16.2 Å². The first kappa shape index (κ1) is 17.3. The molecule has 0 saturated carbocycles. The van der Waals surface area contributed by atoms with E-state index < -0.39 is 0 Å². The molecule has 0 spiro atoms. The third-order valence-corrected chi connectivity index (χ3v) is 4.63. The van der Waals surface area contributed by atoms with E-state index in [1.54, 1.807) is 0 Å². The largest absolute Gasteiger partial charge is 0.494 e. The van der Waals surface area contributed by atoms with E-state index in [2.05, 4.69) is 13.8 Å². The van der Waals surface area contributed by atoms with Crippen molar-refractivity contribution < 1.29 is 4.74 Å². The van der Waals surface area contributed by atoms with Crippen molar-refractivity contribution in [2.24, 2.45) is 23.3 Å². The lowest BCUT2D eigenvalue weighted by atomic mass is 9.79. The molecule has 2 atom stereocenters. The Morgan fingerprint density at radius 3 is 2.30 bits per heavy atom. The molecule has 2 unspecified atom stereocenters. The van der Waals surface area contributed by atoms with Crippen molar-refractivity contribution in [2.75, 3.05) is 19.7 Å². The van der Waals surface area contributed by atoms with Gasteiger partial charge in [0.15, 0.2) is 0 Å². The summed E-state index contributed by atoms with van der Waals surface area (Å²) in [6.45, 7) is 10.2. The van der Waals surface area contributed by atoms with Gasteiger partial charge in [-0.15, -0.1) is 0 Å². The second kappa shape index (κ2) is 7.87. The van der Waals surface area contributed by atoms with Gasteiger partial charge < -0.3 is 16.2 Å². The van der Waals surface area contributed by atoms with Gasteiger partial charge >= 0.3 is 0 Å². The first-order valence-corrected chi connectivity index (χ1v) is 7.66. The van der Waals surface area contributed by atoms with Crippen LogP contribution in [0.25, 0.3) is 0 Å². The topological polar surface area (TPSA) is 61.3 Å². The van der Waals surface area contributed by atoms with Gasteiger partial charge in [0.2, 0.25) is 0 Å². The molecule has 114 valence electrons. The second-order valence-electron chi connectivity index (χ2n) is 5.45. The lowest BCUT2D eigenvalue weighted by Crippen LogP contribution is -2.31. The average Bonchev–Trinajstić information content (AvgIpc) is 2.43. The SMILES string of the molecule is CCOc1cc(C)c(Cl)cc1C(C)C(C)C(CN)CN. The minimum Gasteiger partial charge on any atom is -0.494 e. The lowest BCUT2D eigenvalue weighted by Gasteiger charge is -2.29. The molecule has 1 rings (SSSR count). The zero-order valence-electron chi connectivity index (χ0n) is 12.9.